The van der Waals surface area contributed by atoms with Crippen LogP contribution in [0.4, 0.5) is 8.78 Å². The van der Waals surface area contributed by atoms with Gasteiger partial charge < -0.3 is 9.64 Å². The number of carbonyl (C=O) groups excluding carboxylic acids is 1. The van der Waals surface area contributed by atoms with Gasteiger partial charge in [0.2, 0.25) is 0 Å². The Balaban J connectivity index is 1.54. The van der Waals surface area contributed by atoms with Crippen LogP contribution < -0.4 is 4.74 Å². The van der Waals surface area contributed by atoms with Crippen LogP contribution in [0, 0.1) is 11.6 Å². The SMILES string of the molecule is [2H]C1([2H])c2ncccc2C(=O)N1Cc1c(F)cc(-c2ccc(OC)c3n[nH]cc23)cc1F. The van der Waals surface area contributed by atoms with E-state index in [4.69, 9.17) is 7.48 Å². The minimum absolute atomic E-state index is 0.0666. The van der Waals surface area contributed by atoms with Gasteiger partial charge in [-0.25, -0.2) is 8.78 Å². The molecule has 0 atom stereocenters. The predicted molar refractivity (Wildman–Crippen MR) is 106 cm³/mol. The fraction of sp³-hybridized carbons (Fsp3) is 0.136. The van der Waals surface area contributed by atoms with Crippen molar-refractivity contribution in [3.05, 3.63) is 77.2 Å². The highest BCUT2D eigenvalue weighted by molar-refractivity contribution is 5.98. The van der Waals surface area contributed by atoms with Crippen LogP contribution in [-0.4, -0.2) is 33.1 Å². The standard InChI is InChI=1S/C22H16F2N4O2/c1-30-20-5-4-13(15-9-26-27-21(15)20)12-7-17(23)16(18(24)8-12)10-28-11-19-14(22(28)29)3-2-6-25-19/h2-9H,10-11H2,1H3,(H,26,27)/i11D2. The first-order valence-corrected chi connectivity index (χ1v) is 9.09. The monoisotopic (exact) mass is 408 g/mol. The lowest BCUT2D eigenvalue weighted by atomic mass is 9.99. The van der Waals surface area contributed by atoms with E-state index in [-0.39, 0.29) is 16.8 Å². The lowest BCUT2D eigenvalue weighted by Crippen LogP contribution is -2.24. The molecule has 1 aliphatic rings. The summed E-state index contributed by atoms with van der Waals surface area (Å²) >= 11 is 0. The molecule has 0 saturated carbocycles. The summed E-state index contributed by atoms with van der Waals surface area (Å²) in [5.74, 6) is -1.93. The zero-order valence-corrected chi connectivity index (χ0v) is 15.7. The van der Waals surface area contributed by atoms with E-state index >= 15 is 8.78 Å². The van der Waals surface area contributed by atoms with Crippen molar-refractivity contribution in [2.24, 2.45) is 0 Å². The molecule has 2 aromatic heterocycles. The average molecular weight is 408 g/mol. The molecule has 0 radical (unpaired) electrons. The van der Waals surface area contributed by atoms with Gasteiger partial charge in [-0.3, -0.25) is 14.9 Å². The number of nitrogens with one attached hydrogen (secondary N) is 1. The number of aromatic nitrogens is 3. The minimum Gasteiger partial charge on any atom is -0.494 e. The Morgan fingerprint density at radius 2 is 2.03 bits per heavy atom. The van der Waals surface area contributed by atoms with Crippen LogP contribution in [0.5, 0.6) is 5.75 Å². The van der Waals surface area contributed by atoms with Crippen molar-refractivity contribution >= 4 is 16.8 Å². The van der Waals surface area contributed by atoms with Gasteiger partial charge in [0.1, 0.15) is 22.9 Å². The van der Waals surface area contributed by atoms with Crippen molar-refractivity contribution in [3.8, 4) is 16.9 Å². The van der Waals surface area contributed by atoms with Crippen molar-refractivity contribution in [3.63, 3.8) is 0 Å². The third-order valence-corrected chi connectivity index (χ3v) is 5.08. The van der Waals surface area contributed by atoms with Crippen LogP contribution in [0.2, 0.25) is 0 Å². The maximum absolute atomic E-state index is 15.1. The predicted octanol–water partition coefficient (Wildman–Crippen LogP) is 4.07. The number of fused-ring (bicyclic) bond motifs is 2. The topological polar surface area (TPSA) is 71.1 Å². The number of carbonyl (C=O) groups is 1. The van der Waals surface area contributed by atoms with E-state index in [0.29, 0.717) is 22.2 Å². The van der Waals surface area contributed by atoms with Crippen molar-refractivity contribution in [1.29, 1.82) is 0 Å². The van der Waals surface area contributed by atoms with Crippen molar-refractivity contribution in [2.75, 3.05) is 7.11 Å². The minimum atomic E-state index is -2.29. The van der Waals surface area contributed by atoms with Gasteiger partial charge in [0.05, 0.1) is 34.2 Å². The molecule has 6 nitrogen and oxygen atoms in total. The van der Waals surface area contributed by atoms with Crippen molar-refractivity contribution in [1.82, 2.24) is 20.1 Å². The maximum atomic E-state index is 15.1. The zero-order chi connectivity index (χ0) is 22.6. The molecule has 5 rings (SSSR count). The zero-order valence-electron chi connectivity index (χ0n) is 17.7. The second-order valence-electron chi connectivity index (χ2n) is 6.78. The maximum Gasteiger partial charge on any atom is 0.256 e. The number of rotatable bonds is 4. The molecule has 0 bridgehead atoms. The molecule has 2 aromatic carbocycles. The number of halogens is 2. The number of H-pyrrole nitrogens is 1. The molecule has 0 aliphatic carbocycles. The number of amides is 1. The van der Waals surface area contributed by atoms with E-state index in [9.17, 15) is 4.79 Å². The fourth-order valence-electron chi connectivity index (χ4n) is 3.60. The van der Waals surface area contributed by atoms with Crippen LogP contribution in [0.25, 0.3) is 22.0 Å². The Kier molecular flexibility index (Phi) is 3.69. The highest BCUT2D eigenvalue weighted by atomic mass is 19.1. The van der Waals surface area contributed by atoms with Crippen LogP contribution in [0.15, 0.2) is 48.8 Å². The van der Waals surface area contributed by atoms with Gasteiger partial charge in [-0.05, 0) is 47.5 Å². The molecule has 8 heteroatoms. The second-order valence-corrected chi connectivity index (χ2v) is 6.78. The summed E-state index contributed by atoms with van der Waals surface area (Å²) in [4.78, 5) is 17.4. The van der Waals surface area contributed by atoms with Gasteiger partial charge in [0.25, 0.3) is 5.91 Å². The largest absolute Gasteiger partial charge is 0.494 e. The summed E-state index contributed by atoms with van der Waals surface area (Å²) < 4.78 is 51.9. The van der Waals surface area contributed by atoms with E-state index in [1.165, 1.54) is 25.4 Å². The summed E-state index contributed by atoms with van der Waals surface area (Å²) in [7, 11) is 1.50. The smallest absolute Gasteiger partial charge is 0.256 e. The van der Waals surface area contributed by atoms with Gasteiger partial charge >= 0.3 is 0 Å². The average Bonchev–Trinajstić information content (AvgIpc) is 3.33. The van der Waals surface area contributed by atoms with E-state index in [1.54, 1.807) is 18.3 Å². The summed E-state index contributed by atoms with van der Waals surface area (Å²) in [6.07, 6.45) is 2.98. The van der Waals surface area contributed by atoms with Crippen LogP contribution in [0.3, 0.4) is 0 Å². The lowest BCUT2D eigenvalue weighted by Gasteiger charge is -2.17. The number of methoxy groups -OCH3 is 1. The molecular formula is C22H16F2N4O2. The molecule has 0 spiro atoms. The number of ether oxygens (including phenoxy) is 1. The molecular weight excluding hydrogens is 390 g/mol. The van der Waals surface area contributed by atoms with Crippen LogP contribution >= 0.6 is 0 Å². The Bertz CT molecular complexity index is 1370. The number of nitrogens with zero attached hydrogens (tertiary/aromatic N) is 3. The number of pyridine rings is 1. The van der Waals surface area contributed by atoms with Crippen molar-refractivity contribution in [2.45, 2.75) is 13.0 Å². The Labute approximate surface area is 172 Å². The van der Waals surface area contributed by atoms with Crippen LogP contribution in [0.1, 0.15) is 24.4 Å². The highest BCUT2D eigenvalue weighted by Gasteiger charge is 2.29. The fourth-order valence-corrected chi connectivity index (χ4v) is 3.60. The molecule has 1 N–H and O–H groups in total. The van der Waals surface area contributed by atoms with Crippen molar-refractivity contribution < 1.29 is 21.1 Å². The molecule has 0 fully saturated rings. The van der Waals surface area contributed by atoms with E-state index in [1.807, 2.05) is 0 Å². The van der Waals surface area contributed by atoms with E-state index < -0.39 is 36.1 Å². The highest BCUT2D eigenvalue weighted by Crippen LogP contribution is 2.35. The Morgan fingerprint density at radius 1 is 1.23 bits per heavy atom. The third kappa shape index (κ3) is 2.80. The Hall–Kier alpha value is -3.81. The number of hydrogen-bond acceptors (Lipinski definition) is 4. The van der Waals surface area contributed by atoms with Gasteiger partial charge in [0, 0.05) is 23.3 Å². The summed E-state index contributed by atoms with van der Waals surface area (Å²) in [5, 5.41) is 7.47. The Morgan fingerprint density at radius 3 is 2.77 bits per heavy atom. The molecule has 150 valence electrons. The second kappa shape index (κ2) is 6.91. The van der Waals surface area contributed by atoms with Gasteiger partial charge in [0.15, 0.2) is 0 Å². The lowest BCUT2D eigenvalue weighted by molar-refractivity contribution is 0.0763. The molecule has 4 aromatic rings. The quantitative estimate of drug-likeness (QED) is 0.553. The van der Waals surface area contributed by atoms with Gasteiger partial charge in [-0.1, -0.05) is 0 Å². The third-order valence-electron chi connectivity index (χ3n) is 5.08. The summed E-state index contributed by atoms with van der Waals surface area (Å²) in [6, 6.07) is 8.61. The number of aromatic amines is 1. The van der Waals surface area contributed by atoms with Crippen LogP contribution in [-0.2, 0) is 13.0 Å². The summed E-state index contributed by atoms with van der Waals surface area (Å²) in [6.45, 7) is -2.87. The molecule has 1 aliphatic heterocycles. The molecule has 0 saturated heterocycles. The molecule has 30 heavy (non-hydrogen) atoms. The van der Waals surface area contributed by atoms with E-state index in [2.05, 4.69) is 15.2 Å². The number of hydrogen-bond donors (Lipinski definition) is 1. The van der Waals surface area contributed by atoms with Gasteiger partial charge in [-0.2, -0.15) is 5.10 Å². The first kappa shape index (κ1) is 16.0. The van der Waals surface area contributed by atoms with Gasteiger partial charge in [-0.15, -0.1) is 0 Å². The molecule has 3 heterocycles. The molecule has 1 amide bonds. The summed E-state index contributed by atoms with van der Waals surface area (Å²) in [5.41, 5.74) is 0.951. The molecule has 0 unspecified atom stereocenters. The van der Waals surface area contributed by atoms with E-state index in [0.717, 1.165) is 17.0 Å². The number of benzene rings is 2. The first-order valence-electron chi connectivity index (χ1n) is 10.1. The normalized spacial score (nSPS) is 15.8. The first-order chi connectivity index (χ1) is 15.3.